The molecule has 0 atom stereocenters. The molecule has 0 aliphatic rings. The summed E-state index contributed by atoms with van der Waals surface area (Å²) in [7, 11) is 1.50. The van der Waals surface area contributed by atoms with E-state index < -0.39 is 0 Å². The average molecular weight is 231 g/mol. The highest BCUT2D eigenvalue weighted by Gasteiger charge is 1.45. The second-order valence-electron chi connectivity index (χ2n) is 1.51. The Morgan fingerprint density at radius 2 is 0.875 bits per heavy atom. The highest BCUT2D eigenvalue weighted by Crippen LogP contribution is 1.66. The number of hydrogen-bond donors (Lipinski definition) is 1. The second kappa shape index (κ2) is 244. The van der Waals surface area contributed by atoms with Gasteiger partial charge in [0.1, 0.15) is 0 Å². The van der Waals surface area contributed by atoms with Crippen LogP contribution < -0.4 is 5.73 Å². The largest absolute Gasteiger partial charge is 0.333 e. The smallest absolute Gasteiger partial charge is 0.0195 e. The molecule has 0 aliphatic heterocycles. The summed E-state index contributed by atoms with van der Waals surface area (Å²) in [6.45, 7) is 24.0. The van der Waals surface area contributed by atoms with Crippen molar-refractivity contribution in [2.75, 3.05) is 7.05 Å². The van der Waals surface area contributed by atoms with Crippen molar-refractivity contribution in [3.05, 3.63) is 38.0 Å². The Labute approximate surface area is 106 Å². The second-order valence-corrected chi connectivity index (χ2v) is 1.51. The molecule has 1 heteroatoms. The summed E-state index contributed by atoms with van der Waals surface area (Å²) in [5, 5.41) is 0. The quantitative estimate of drug-likeness (QED) is 0.584. The van der Waals surface area contributed by atoms with Gasteiger partial charge in [-0.1, -0.05) is 52.8 Å². The molecule has 0 spiro atoms. The summed E-state index contributed by atoms with van der Waals surface area (Å²) in [4.78, 5) is 0. The van der Waals surface area contributed by atoms with E-state index in [2.05, 4.69) is 32.4 Å². The third kappa shape index (κ3) is 60300. The lowest BCUT2D eigenvalue weighted by atomic mass is 10.5. The maximum atomic E-state index is 4.50. The summed E-state index contributed by atoms with van der Waals surface area (Å²) in [6, 6.07) is 0. The van der Waals surface area contributed by atoms with Crippen molar-refractivity contribution in [3.8, 4) is 0 Å². The van der Waals surface area contributed by atoms with E-state index in [4.69, 9.17) is 0 Å². The summed E-state index contributed by atoms with van der Waals surface area (Å²) in [5.41, 5.74) is 4.50. The topological polar surface area (TPSA) is 26.0 Å². The Hall–Kier alpha value is -0.820. The molecule has 0 saturated carbocycles. The van der Waals surface area contributed by atoms with E-state index >= 15 is 0 Å². The Balaban J connectivity index is -0.0000000193. The van der Waals surface area contributed by atoms with Gasteiger partial charge in [0.05, 0.1) is 0 Å². The minimum atomic E-state index is 1.08. The van der Waals surface area contributed by atoms with Crippen molar-refractivity contribution < 1.29 is 0 Å². The monoisotopic (exact) mass is 231 g/mol. The fraction of sp³-hybridized carbons (Fsp3) is 0.600. The Morgan fingerprint density at radius 3 is 0.875 bits per heavy atom. The van der Waals surface area contributed by atoms with Gasteiger partial charge >= 0.3 is 0 Å². The molecule has 16 heavy (non-hydrogen) atoms. The standard InChI is InChI=1S/C4H8.2C3H6.2C2H6.CH5N/c1-3-4-2;2*1-3-2;3*1-2/h3H,1,4H2,2H3;2*3H,1H2,2H3;2*1-2H3;2H2,1H3. The minimum Gasteiger partial charge on any atom is -0.333 e. The highest BCUT2D eigenvalue weighted by molar-refractivity contribution is 4.60. The average Bonchev–Trinajstić information content (AvgIpc) is 2.38. The molecule has 0 heterocycles. The third-order valence-corrected chi connectivity index (χ3v) is 0.289. The first-order chi connectivity index (χ1) is 7.74. The van der Waals surface area contributed by atoms with Crippen LogP contribution in [0.1, 0.15) is 54.9 Å². The highest BCUT2D eigenvalue weighted by atomic mass is 14.4. The molecule has 0 unspecified atom stereocenters. The number of hydrogen-bond acceptors (Lipinski definition) is 1. The first kappa shape index (κ1) is 36.2. The molecule has 0 saturated heterocycles. The molecule has 102 valence electrons. The molecular weight excluding hydrogens is 194 g/mol. The molecule has 0 fully saturated rings. The Kier molecular flexibility index (Phi) is 551. The molecular formula is C15H37N. The van der Waals surface area contributed by atoms with Crippen LogP contribution in [0.4, 0.5) is 0 Å². The number of rotatable bonds is 1. The van der Waals surface area contributed by atoms with Crippen LogP contribution in [0.25, 0.3) is 0 Å². The third-order valence-electron chi connectivity index (χ3n) is 0.289. The fourth-order valence-electron chi connectivity index (χ4n) is 0. The van der Waals surface area contributed by atoms with Crippen LogP contribution in [0.2, 0.25) is 0 Å². The van der Waals surface area contributed by atoms with Gasteiger partial charge in [-0.2, -0.15) is 0 Å². The predicted molar refractivity (Wildman–Crippen MR) is 85.0 cm³/mol. The predicted octanol–water partition coefficient (Wildman–Crippen LogP) is 5.59. The van der Waals surface area contributed by atoms with E-state index in [9.17, 15) is 0 Å². The SMILES string of the molecule is C=CC.C=CC.C=CCC.CC.CC.CN. The normalized spacial score (nSPS) is 4.31. The van der Waals surface area contributed by atoms with Gasteiger partial charge in [-0.15, -0.1) is 19.7 Å². The van der Waals surface area contributed by atoms with Crippen molar-refractivity contribution >= 4 is 0 Å². The Morgan fingerprint density at radius 1 is 0.812 bits per heavy atom. The Bertz CT molecular complexity index is 59.8. The zero-order chi connectivity index (χ0) is 14.8. The number of nitrogens with two attached hydrogens (primary N) is 1. The van der Waals surface area contributed by atoms with Gasteiger partial charge in [0.25, 0.3) is 0 Å². The molecule has 0 aromatic carbocycles. The molecule has 0 aromatic rings. The number of allylic oxidation sites excluding steroid dienone is 3. The maximum Gasteiger partial charge on any atom is -0.0195 e. The summed E-state index contributed by atoms with van der Waals surface area (Å²) >= 11 is 0. The van der Waals surface area contributed by atoms with Crippen molar-refractivity contribution in [2.24, 2.45) is 5.73 Å². The van der Waals surface area contributed by atoms with E-state index in [0.29, 0.717) is 0 Å². The van der Waals surface area contributed by atoms with E-state index in [1.165, 1.54) is 7.05 Å². The lowest BCUT2D eigenvalue weighted by Gasteiger charge is -1.57. The summed E-state index contributed by atoms with van der Waals surface area (Å²) < 4.78 is 0. The van der Waals surface area contributed by atoms with Crippen molar-refractivity contribution in [3.63, 3.8) is 0 Å². The van der Waals surface area contributed by atoms with Gasteiger partial charge in [-0.25, -0.2) is 0 Å². The zero-order valence-corrected chi connectivity index (χ0v) is 13.1. The molecule has 1 nitrogen and oxygen atoms in total. The van der Waals surface area contributed by atoms with Crippen LogP contribution in [-0.2, 0) is 0 Å². The van der Waals surface area contributed by atoms with Crippen molar-refractivity contribution in [2.45, 2.75) is 54.9 Å². The first-order valence-corrected chi connectivity index (χ1v) is 6.07. The molecule has 0 bridgehead atoms. The fourth-order valence-corrected chi connectivity index (χ4v) is 0. The van der Waals surface area contributed by atoms with Crippen LogP contribution in [0.5, 0.6) is 0 Å². The van der Waals surface area contributed by atoms with E-state index in [0.717, 1.165) is 6.42 Å². The van der Waals surface area contributed by atoms with E-state index in [-0.39, 0.29) is 0 Å². The van der Waals surface area contributed by atoms with Gasteiger partial charge in [0, 0.05) is 0 Å². The maximum absolute atomic E-state index is 4.50. The molecule has 0 amide bonds. The van der Waals surface area contributed by atoms with E-state index in [1.54, 1.807) is 12.2 Å². The summed E-state index contributed by atoms with van der Waals surface area (Å²) in [5.74, 6) is 0. The van der Waals surface area contributed by atoms with Gasteiger partial charge in [0.2, 0.25) is 0 Å². The molecule has 0 radical (unpaired) electrons. The van der Waals surface area contributed by atoms with Crippen molar-refractivity contribution in [1.82, 2.24) is 0 Å². The summed E-state index contributed by atoms with van der Waals surface area (Å²) in [6.07, 6.45) is 6.46. The van der Waals surface area contributed by atoms with Gasteiger partial charge in [0.15, 0.2) is 0 Å². The van der Waals surface area contributed by atoms with E-state index in [1.807, 2.05) is 47.6 Å². The van der Waals surface area contributed by atoms with Crippen LogP contribution in [0.15, 0.2) is 38.0 Å². The zero-order valence-electron chi connectivity index (χ0n) is 13.1. The minimum absolute atomic E-state index is 1.08. The van der Waals surface area contributed by atoms with Crippen LogP contribution in [0.3, 0.4) is 0 Å². The molecule has 0 aromatic heterocycles. The first-order valence-electron chi connectivity index (χ1n) is 6.07. The molecule has 2 N–H and O–H groups in total. The molecule has 0 rings (SSSR count). The van der Waals surface area contributed by atoms with Crippen LogP contribution >= 0.6 is 0 Å². The van der Waals surface area contributed by atoms with Gasteiger partial charge in [-0.3, -0.25) is 0 Å². The lowest BCUT2D eigenvalue weighted by molar-refractivity contribution is 1.23. The van der Waals surface area contributed by atoms with Crippen LogP contribution in [0, 0.1) is 0 Å². The molecule has 0 aliphatic carbocycles. The van der Waals surface area contributed by atoms with Gasteiger partial charge in [-0.05, 0) is 27.3 Å². The van der Waals surface area contributed by atoms with Gasteiger partial charge < -0.3 is 5.73 Å². The lowest BCUT2D eigenvalue weighted by Crippen LogP contribution is -1.69. The van der Waals surface area contributed by atoms with Crippen LogP contribution in [-0.4, -0.2) is 7.05 Å². The van der Waals surface area contributed by atoms with Crippen molar-refractivity contribution in [1.29, 1.82) is 0 Å².